The van der Waals surface area contributed by atoms with Crippen molar-refractivity contribution < 1.29 is 33.4 Å². The van der Waals surface area contributed by atoms with E-state index in [4.69, 9.17) is 4.74 Å². The molecule has 4 saturated carbocycles. The van der Waals surface area contributed by atoms with Gasteiger partial charge in [0.05, 0.1) is 46.4 Å². The standard InChI is InChI=1S/C18H23O5P.2C6H15N/c1-22-18(13-3-2-4-16(10-13)23-24(19,20)21)17-14-6-11-5-12(8-14)9-15(17)7-11;2*1-4-7(5-2)6-3/h2-4,10-12,14-15H,5-9H2,1H3,(H2,19,20,21);2*4-6H2,1-3H3. The smallest absolute Gasteiger partial charge is 0.125 e. The van der Waals surface area contributed by atoms with Gasteiger partial charge in [0.15, 0.2) is 0 Å². The van der Waals surface area contributed by atoms with Crippen LogP contribution in [0.2, 0.25) is 0 Å². The molecule has 4 aliphatic carbocycles. The number of ether oxygens (including phenoxy) is 1. The maximum Gasteiger partial charge on any atom is 0.125 e. The molecule has 218 valence electrons. The molecule has 0 radical (unpaired) electrons. The van der Waals surface area contributed by atoms with E-state index in [-0.39, 0.29) is 5.75 Å². The van der Waals surface area contributed by atoms with Crippen LogP contribution in [0.5, 0.6) is 5.75 Å². The second kappa shape index (κ2) is 16.0. The summed E-state index contributed by atoms with van der Waals surface area (Å²) in [5.41, 5.74) is 2.17. The number of methoxy groups -OCH3 is 1. The van der Waals surface area contributed by atoms with Crippen LogP contribution in [0.3, 0.4) is 0 Å². The van der Waals surface area contributed by atoms with Gasteiger partial charge in [0.2, 0.25) is 0 Å². The summed E-state index contributed by atoms with van der Waals surface area (Å²) in [7, 11) is -3.40. The third kappa shape index (κ3) is 9.67. The maximum atomic E-state index is 10.9. The molecule has 1 aromatic carbocycles. The normalized spacial score (nSPS) is 23.5. The highest BCUT2D eigenvalue weighted by Crippen LogP contribution is 2.58. The predicted molar refractivity (Wildman–Crippen MR) is 151 cm³/mol. The molecule has 38 heavy (non-hydrogen) atoms. The highest BCUT2D eigenvalue weighted by molar-refractivity contribution is 7.43. The minimum Gasteiger partial charge on any atom is -0.780 e. The number of nitrogens with one attached hydrogen (secondary N) is 2. The molecule has 0 atom stereocenters. The summed E-state index contributed by atoms with van der Waals surface area (Å²) in [5, 5.41) is 0. The molecule has 0 saturated heterocycles. The lowest BCUT2D eigenvalue weighted by molar-refractivity contribution is -0.894. The number of hydrogen-bond donors (Lipinski definition) is 2. The van der Waals surface area contributed by atoms with Crippen LogP contribution in [-0.4, -0.2) is 46.4 Å². The number of allylic oxidation sites excluding steroid dienone is 1. The van der Waals surface area contributed by atoms with Crippen LogP contribution < -0.4 is 24.1 Å². The monoisotopic (exact) mass is 552 g/mol. The lowest BCUT2D eigenvalue weighted by Gasteiger charge is -2.51. The van der Waals surface area contributed by atoms with Gasteiger partial charge in [-0.3, -0.25) is 0 Å². The number of phosphoric acid groups is 1. The van der Waals surface area contributed by atoms with Gasteiger partial charge < -0.3 is 33.4 Å². The van der Waals surface area contributed by atoms with Crippen molar-refractivity contribution in [1.29, 1.82) is 0 Å². The van der Waals surface area contributed by atoms with E-state index >= 15 is 0 Å². The molecule has 4 fully saturated rings. The molecule has 5 rings (SSSR count). The molecule has 0 amide bonds. The van der Waals surface area contributed by atoms with E-state index in [0.29, 0.717) is 11.8 Å². The van der Waals surface area contributed by atoms with Crippen molar-refractivity contribution in [3.05, 3.63) is 35.4 Å². The molecule has 0 unspecified atom stereocenters. The van der Waals surface area contributed by atoms with Gasteiger partial charge >= 0.3 is 0 Å². The van der Waals surface area contributed by atoms with Crippen LogP contribution in [0.25, 0.3) is 5.76 Å². The largest absolute Gasteiger partial charge is 0.780 e. The number of quaternary nitrogens is 2. The van der Waals surface area contributed by atoms with E-state index in [1.165, 1.54) is 83.0 Å². The van der Waals surface area contributed by atoms with Gasteiger partial charge in [-0.25, -0.2) is 0 Å². The molecular formula is C30H53N2O5P. The van der Waals surface area contributed by atoms with Crippen LogP contribution in [-0.2, 0) is 9.30 Å². The minimum absolute atomic E-state index is 0.0415. The van der Waals surface area contributed by atoms with Crippen LogP contribution >= 0.6 is 7.82 Å². The van der Waals surface area contributed by atoms with E-state index in [2.05, 4.69) is 46.1 Å². The van der Waals surface area contributed by atoms with Gasteiger partial charge in [-0.2, -0.15) is 0 Å². The van der Waals surface area contributed by atoms with Crippen molar-refractivity contribution in [3.8, 4) is 5.75 Å². The van der Waals surface area contributed by atoms with E-state index < -0.39 is 7.82 Å². The molecule has 4 aliphatic rings. The zero-order valence-electron chi connectivity index (χ0n) is 24.9. The molecule has 0 spiro atoms. The Labute approximate surface area is 231 Å². The summed E-state index contributed by atoms with van der Waals surface area (Å²) in [5.74, 6) is 3.74. The first-order valence-electron chi connectivity index (χ1n) is 14.9. The van der Waals surface area contributed by atoms with Gasteiger partial charge in [-0.15, -0.1) is 0 Å². The summed E-state index contributed by atoms with van der Waals surface area (Å²) < 4.78 is 21.1. The Morgan fingerprint density at radius 3 is 1.61 bits per heavy atom. The summed E-state index contributed by atoms with van der Waals surface area (Å²) in [4.78, 5) is 25.1. The first kappa shape index (κ1) is 32.8. The summed E-state index contributed by atoms with van der Waals surface area (Å²) in [6.45, 7) is 21.0. The lowest BCUT2D eigenvalue weighted by Crippen LogP contribution is -3.11. The van der Waals surface area contributed by atoms with Crippen LogP contribution in [0.4, 0.5) is 0 Å². The minimum atomic E-state index is -5.06. The molecule has 1 aromatic rings. The quantitative estimate of drug-likeness (QED) is 0.344. The average Bonchev–Trinajstić information content (AvgIpc) is 2.88. The van der Waals surface area contributed by atoms with Crippen molar-refractivity contribution in [3.63, 3.8) is 0 Å². The second-order valence-electron chi connectivity index (χ2n) is 11.0. The molecule has 8 heteroatoms. The zero-order valence-corrected chi connectivity index (χ0v) is 25.8. The fourth-order valence-corrected chi connectivity index (χ4v) is 7.16. The van der Waals surface area contributed by atoms with Crippen LogP contribution in [0.1, 0.15) is 79.2 Å². The van der Waals surface area contributed by atoms with Crippen LogP contribution in [0, 0.1) is 23.7 Å². The third-order valence-electron chi connectivity index (χ3n) is 8.80. The predicted octanol–water partition coefficient (Wildman–Crippen LogP) is 2.57. The van der Waals surface area contributed by atoms with Gasteiger partial charge in [-0.05, 0) is 115 Å². The molecule has 2 N–H and O–H groups in total. The van der Waals surface area contributed by atoms with E-state index in [1.54, 1.807) is 29.0 Å². The molecule has 7 nitrogen and oxygen atoms in total. The first-order chi connectivity index (χ1) is 18.1. The third-order valence-corrected chi connectivity index (χ3v) is 9.23. The first-order valence-corrected chi connectivity index (χ1v) is 16.4. The van der Waals surface area contributed by atoms with E-state index in [9.17, 15) is 14.4 Å². The Morgan fingerprint density at radius 2 is 1.26 bits per heavy atom. The highest BCUT2D eigenvalue weighted by Gasteiger charge is 2.46. The Balaban J connectivity index is 0.000000301. The SMILES string of the molecule is CC[NH+](CC)CC.CC[NH+](CC)CC.COC(=C1C2CC3CC(C2)CC1C3)c1cccc(OP(=O)([O-])[O-])c1. The number of hydrogen-bond acceptors (Lipinski definition) is 5. The topological polar surface area (TPSA) is 90.5 Å². The molecule has 0 heterocycles. The van der Waals surface area contributed by atoms with Crippen molar-refractivity contribution in [2.75, 3.05) is 46.4 Å². The Morgan fingerprint density at radius 1 is 0.816 bits per heavy atom. The van der Waals surface area contributed by atoms with Crippen molar-refractivity contribution in [2.45, 2.75) is 73.6 Å². The summed E-state index contributed by atoms with van der Waals surface area (Å²) in [6, 6.07) is 6.63. The fourth-order valence-electron chi connectivity index (χ4n) is 6.79. The Bertz CT molecular complexity index is 855. The lowest BCUT2D eigenvalue weighted by atomic mass is 9.54. The fraction of sp³-hybridized carbons (Fsp3) is 0.733. The molecule has 0 aliphatic heterocycles. The Hall–Kier alpha value is -1.37. The molecule has 4 bridgehead atoms. The van der Waals surface area contributed by atoms with E-state index in [1.807, 2.05) is 6.07 Å². The second-order valence-corrected chi connectivity index (χ2v) is 12.1. The highest BCUT2D eigenvalue weighted by atomic mass is 31.2. The number of rotatable bonds is 10. The van der Waals surface area contributed by atoms with Crippen molar-refractivity contribution in [1.82, 2.24) is 0 Å². The van der Waals surface area contributed by atoms with Crippen molar-refractivity contribution in [2.24, 2.45) is 23.7 Å². The number of phosphoric ester groups is 1. The molecule has 0 aromatic heterocycles. The molecular weight excluding hydrogens is 499 g/mol. The van der Waals surface area contributed by atoms with Gasteiger partial charge in [0.25, 0.3) is 0 Å². The van der Waals surface area contributed by atoms with Crippen molar-refractivity contribution >= 4 is 13.6 Å². The van der Waals surface area contributed by atoms with Gasteiger partial charge in [0.1, 0.15) is 19.3 Å². The zero-order chi connectivity index (χ0) is 28.3. The number of benzene rings is 1. The van der Waals surface area contributed by atoms with E-state index in [0.717, 1.165) is 23.2 Å². The summed E-state index contributed by atoms with van der Waals surface area (Å²) >= 11 is 0. The maximum absolute atomic E-state index is 10.9. The van der Waals surface area contributed by atoms with Gasteiger partial charge in [-0.1, -0.05) is 12.1 Å². The average molecular weight is 553 g/mol. The Kier molecular flexibility index (Phi) is 13.9. The summed E-state index contributed by atoms with van der Waals surface area (Å²) in [6.07, 6.45) is 6.33. The van der Waals surface area contributed by atoms with Crippen LogP contribution in [0.15, 0.2) is 29.8 Å². The van der Waals surface area contributed by atoms with Gasteiger partial charge in [0, 0.05) is 5.56 Å².